The third-order valence-electron chi connectivity index (χ3n) is 3.46. The van der Waals surface area contributed by atoms with Crippen molar-refractivity contribution in [2.75, 3.05) is 13.2 Å². The van der Waals surface area contributed by atoms with Crippen molar-refractivity contribution in [1.29, 1.82) is 0 Å². The molecule has 1 aromatic rings. The number of benzene rings is 1. The van der Waals surface area contributed by atoms with Crippen LogP contribution < -0.4 is 4.74 Å². The Morgan fingerprint density at radius 1 is 1.26 bits per heavy atom. The van der Waals surface area contributed by atoms with E-state index in [2.05, 4.69) is 20.9 Å². The maximum Gasteiger partial charge on any atom is 0.344 e. The number of thioether (sulfide) groups is 1. The zero-order valence-electron chi connectivity index (χ0n) is 15.2. The summed E-state index contributed by atoms with van der Waals surface area (Å²) in [5.74, 6) is -0.725. The van der Waals surface area contributed by atoms with Crippen molar-refractivity contribution in [3.05, 3.63) is 44.5 Å². The highest BCUT2D eigenvalue weighted by atomic mass is 79.9. The van der Waals surface area contributed by atoms with E-state index in [1.54, 1.807) is 19.9 Å². The molecule has 1 heterocycles. The van der Waals surface area contributed by atoms with Crippen LogP contribution in [0.1, 0.15) is 32.8 Å². The number of halogens is 1. The summed E-state index contributed by atoms with van der Waals surface area (Å²) in [6.07, 6.45) is 1.88. The molecular formula is C19H20BrNO5S. The number of ether oxygens (including phenoxy) is 2. The summed E-state index contributed by atoms with van der Waals surface area (Å²) >= 11 is 4.46. The van der Waals surface area contributed by atoms with E-state index in [0.29, 0.717) is 22.8 Å². The van der Waals surface area contributed by atoms with Crippen LogP contribution in [0.25, 0.3) is 6.08 Å². The van der Waals surface area contributed by atoms with Crippen LogP contribution in [0.5, 0.6) is 5.75 Å². The molecule has 0 saturated heterocycles. The second kappa shape index (κ2) is 9.75. The standard InChI is InChI=1S/C19H20BrNO5S/c1-4-15(22)21-18-16(19(24)26-6-3)17(23)14(27-18)10-11-9-12(20)7-8-13(11)25-5-2/h7-10,23H,4-6H2,1-3H3/b14-10-,21-18?. The van der Waals surface area contributed by atoms with Crippen molar-refractivity contribution in [3.8, 4) is 5.75 Å². The van der Waals surface area contributed by atoms with Gasteiger partial charge >= 0.3 is 5.97 Å². The van der Waals surface area contributed by atoms with Gasteiger partial charge in [-0.1, -0.05) is 34.6 Å². The number of esters is 1. The molecule has 1 amide bonds. The third-order valence-corrected chi connectivity index (χ3v) is 4.97. The number of hydrogen-bond acceptors (Lipinski definition) is 6. The number of rotatable bonds is 6. The van der Waals surface area contributed by atoms with Crippen molar-refractivity contribution in [2.24, 2.45) is 4.99 Å². The van der Waals surface area contributed by atoms with Gasteiger partial charge in [0.1, 0.15) is 22.1 Å². The normalized spacial score (nSPS) is 16.9. The number of carbonyl (C=O) groups excluding carboxylic acids is 2. The molecule has 0 aromatic heterocycles. The fraction of sp³-hybridized carbons (Fsp3) is 0.316. The van der Waals surface area contributed by atoms with Crippen molar-refractivity contribution < 1.29 is 24.2 Å². The average molecular weight is 454 g/mol. The number of nitrogens with zero attached hydrogens (tertiary/aromatic N) is 1. The lowest BCUT2D eigenvalue weighted by molar-refractivity contribution is -0.138. The predicted molar refractivity (Wildman–Crippen MR) is 110 cm³/mol. The van der Waals surface area contributed by atoms with Crippen molar-refractivity contribution in [2.45, 2.75) is 27.2 Å². The predicted octanol–water partition coefficient (Wildman–Crippen LogP) is 4.65. The van der Waals surface area contributed by atoms with Gasteiger partial charge in [-0.15, -0.1) is 0 Å². The molecule has 8 heteroatoms. The van der Waals surface area contributed by atoms with Gasteiger partial charge < -0.3 is 14.6 Å². The zero-order valence-corrected chi connectivity index (χ0v) is 17.6. The Bertz CT molecular complexity index is 845. The molecule has 0 spiro atoms. The smallest absolute Gasteiger partial charge is 0.344 e. The van der Waals surface area contributed by atoms with E-state index in [1.165, 1.54) is 0 Å². The van der Waals surface area contributed by atoms with Gasteiger partial charge in [-0.05, 0) is 38.1 Å². The largest absolute Gasteiger partial charge is 0.506 e. The minimum atomic E-state index is -0.715. The van der Waals surface area contributed by atoms with Gasteiger partial charge in [-0.3, -0.25) is 4.79 Å². The van der Waals surface area contributed by atoms with Crippen LogP contribution in [0.3, 0.4) is 0 Å². The second-order valence-electron chi connectivity index (χ2n) is 5.33. The summed E-state index contributed by atoms with van der Waals surface area (Å²) in [6.45, 7) is 5.85. The molecule has 0 saturated carbocycles. The minimum absolute atomic E-state index is 0.0946. The summed E-state index contributed by atoms with van der Waals surface area (Å²) in [7, 11) is 0. The molecule has 0 radical (unpaired) electrons. The summed E-state index contributed by atoms with van der Waals surface area (Å²) in [5, 5.41) is 10.7. The second-order valence-corrected chi connectivity index (χ2v) is 7.28. The van der Waals surface area contributed by atoms with Gasteiger partial charge in [0.05, 0.1) is 18.1 Å². The summed E-state index contributed by atoms with van der Waals surface area (Å²) in [4.78, 5) is 28.3. The van der Waals surface area contributed by atoms with Crippen LogP contribution >= 0.6 is 27.7 Å². The number of aliphatic hydroxyl groups excluding tert-OH is 1. The summed E-state index contributed by atoms with van der Waals surface area (Å²) < 4.78 is 11.4. The molecule has 1 aliphatic heterocycles. The molecule has 144 valence electrons. The summed E-state index contributed by atoms with van der Waals surface area (Å²) in [6, 6.07) is 5.49. The molecular weight excluding hydrogens is 434 g/mol. The molecule has 1 aliphatic rings. The van der Waals surface area contributed by atoms with Crippen molar-refractivity contribution in [1.82, 2.24) is 0 Å². The minimum Gasteiger partial charge on any atom is -0.506 e. The quantitative estimate of drug-likeness (QED) is 0.631. The van der Waals surface area contributed by atoms with E-state index in [1.807, 2.05) is 25.1 Å². The van der Waals surface area contributed by atoms with Crippen LogP contribution in [-0.2, 0) is 14.3 Å². The number of hydrogen-bond donors (Lipinski definition) is 1. The molecule has 0 aliphatic carbocycles. The zero-order chi connectivity index (χ0) is 20.0. The van der Waals surface area contributed by atoms with Gasteiger partial charge in [0.15, 0.2) is 0 Å². The highest BCUT2D eigenvalue weighted by Gasteiger charge is 2.33. The third kappa shape index (κ3) is 5.23. The van der Waals surface area contributed by atoms with Crippen LogP contribution in [0.4, 0.5) is 0 Å². The van der Waals surface area contributed by atoms with E-state index >= 15 is 0 Å². The van der Waals surface area contributed by atoms with Gasteiger partial charge in [0, 0.05) is 16.5 Å². The van der Waals surface area contributed by atoms with E-state index in [-0.39, 0.29) is 35.3 Å². The Balaban J connectivity index is 2.53. The Morgan fingerprint density at radius 2 is 2.00 bits per heavy atom. The lowest BCUT2D eigenvalue weighted by Crippen LogP contribution is -2.14. The molecule has 0 atom stereocenters. The highest BCUT2D eigenvalue weighted by molar-refractivity contribution is 9.10. The van der Waals surface area contributed by atoms with Gasteiger partial charge in [-0.25, -0.2) is 9.79 Å². The lowest BCUT2D eigenvalue weighted by Gasteiger charge is -2.08. The Labute approximate surface area is 170 Å². The fourth-order valence-electron chi connectivity index (χ4n) is 2.24. The van der Waals surface area contributed by atoms with E-state index in [4.69, 9.17) is 9.47 Å². The molecule has 0 unspecified atom stereocenters. The monoisotopic (exact) mass is 453 g/mol. The molecule has 6 nitrogen and oxygen atoms in total. The number of aliphatic imine (C=N–C) groups is 1. The first-order valence-electron chi connectivity index (χ1n) is 8.45. The fourth-order valence-corrected chi connectivity index (χ4v) is 3.65. The van der Waals surface area contributed by atoms with Gasteiger partial charge in [-0.2, -0.15) is 0 Å². The van der Waals surface area contributed by atoms with Crippen molar-refractivity contribution in [3.63, 3.8) is 0 Å². The van der Waals surface area contributed by atoms with E-state index in [9.17, 15) is 14.7 Å². The number of amides is 1. The first-order valence-corrected chi connectivity index (χ1v) is 10.1. The first-order chi connectivity index (χ1) is 12.9. The molecule has 1 aromatic carbocycles. The van der Waals surface area contributed by atoms with Crippen LogP contribution in [0.2, 0.25) is 0 Å². The lowest BCUT2D eigenvalue weighted by atomic mass is 10.1. The van der Waals surface area contributed by atoms with Gasteiger partial charge in [0.2, 0.25) is 5.91 Å². The SMILES string of the molecule is CCOC(=O)C1=C(O)/C(=C/c2cc(Br)ccc2OCC)SC1=NC(=O)CC. The van der Waals surface area contributed by atoms with Crippen LogP contribution in [0, 0.1) is 0 Å². The molecule has 0 bridgehead atoms. The molecule has 27 heavy (non-hydrogen) atoms. The first kappa shape index (κ1) is 21.2. The average Bonchev–Trinajstić information content (AvgIpc) is 2.92. The number of carbonyl (C=O) groups is 2. The Hall–Kier alpha value is -2.06. The maximum absolute atomic E-state index is 12.3. The van der Waals surface area contributed by atoms with E-state index < -0.39 is 5.97 Å². The van der Waals surface area contributed by atoms with Crippen molar-refractivity contribution >= 4 is 50.7 Å². The van der Waals surface area contributed by atoms with Gasteiger partial charge in [0.25, 0.3) is 0 Å². The Morgan fingerprint density at radius 3 is 2.63 bits per heavy atom. The molecule has 1 N–H and O–H groups in total. The molecule has 2 rings (SSSR count). The Kier molecular flexibility index (Phi) is 7.67. The number of aliphatic hydroxyl groups is 1. The summed E-state index contributed by atoms with van der Waals surface area (Å²) in [5.41, 5.74) is 0.620. The highest BCUT2D eigenvalue weighted by Crippen LogP contribution is 2.40. The van der Waals surface area contributed by atoms with Crippen LogP contribution in [0.15, 0.2) is 43.9 Å². The maximum atomic E-state index is 12.3. The topological polar surface area (TPSA) is 85.2 Å². The van der Waals surface area contributed by atoms with E-state index in [0.717, 1.165) is 16.2 Å². The van der Waals surface area contributed by atoms with Crippen LogP contribution in [-0.4, -0.2) is 35.2 Å². The molecule has 0 fully saturated rings.